The predicted molar refractivity (Wildman–Crippen MR) is 71.6 cm³/mol. The van der Waals surface area contributed by atoms with Crippen molar-refractivity contribution < 1.29 is 14.4 Å². The Hall–Kier alpha value is -1.40. The van der Waals surface area contributed by atoms with Crippen molar-refractivity contribution in [3.05, 3.63) is 11.8 Å². The highest BCUT2D eigenvalue weighted by Gasteiger charge is 2.53. The number of hydrogen-bond donors (Lipinski definition) is 2. The van der Waals surface area contributed by atoms with E-state index in [9.17, 15) is 9.90 Å². The molecule has 6 nitrogen and oxygen atoms in total. The largest absolute Gasteiger partial charge is 0.425 e. The number of carbonyl (C=O) groups excluding carboxylic acids is 1. The van der Waals surface area contributed by atoms with Crippen LogP contribution in [0.1, 0.15) is 45.3 Å². The van der Waals surface area contributed by atoms with E-state index in [0.29, 0.717) is 12.4 Å². The number of nitrogens with zero attached hydrogens (tertiary/aromatic N) is 2. The second kappa shape index (κ2) is 5.30. The summed E-state index contributed by atoms with van der Waals surface area (Å²) in [5, 5.41) is 17.0. The molecule has 2 N–H and O–H groups in total. The van der Waals surface area contributed by atoms with E-state index in [0.717, 1.165) is 18.6 Å². The van der Waals surface area contributed by atoms with Crippen molar-refractivity contribution in [3.63, 3.8) is 0 Å². The molecule has 0 aromatic carbocycles. The molecule has 1 fully saturated rings. The normalized spacial score (nSPS) is 27.0. The molecule has 0 bridgehead atoms. The van der Waals surface area contributed by atoms with E-state index < -0.39 is 6.23 Å². The quantitative estimate of drug-likeness (QED) is 0.800. The third-order valence-corrected chi connectivity index (χ3v) is 3.67. The van der Waals surface area contributed by atoms with Gasteiger partial charge >= 0.3 is 6.03 Å². The molecule has 0 radical (unpaired) electrons. The number of unbranched alkanes of at least 4 members (excludes halogenated alkanes) is 1. The molecule has 1 saturated heterocycles. The van der Waals surface area contributed by atoms with Gasteiger partial charge in [0.1, 0.15) is 12.3 Å². The van der Waals surface area contributed by atoms with Gasteiger partial charge in [-0.15, -0.1) is 0 Å². The molecule has 2 amide bonds. The molecule has 2 unspecified atom stereocenters. The van der Waals surface area contributed by atoms with Crippen LogP contribution in [0.3, 0.4) is 0 Å². The second-order valence-corrected chi connectivity index (χ2v) is 5.35. The Morgan fingerprint density at radius 3 is 2.84 bits per heavy atom. The summed E-state index contributed by atoms with van der Waals surface area (Å²) in [5.41, 5.74) is 0. The Balaban J connectivity index is 2.39. The molecule has 106 valence electrons. The molecule has 0 saturated carbocycles. The van der Waals surface area contributed by atoms with Gasteiger partial charge in [-0.2, -0.15) is 4.48 Å². The van der Waals surface area contributed by atoms with Crippen molar-refractivity contribution in [3.8, 4) is 0 Å². The first-order valence-electron chi connectivity index (χ1n) is 6.83. The van der Waals surface area contributed by atoms with Crippen molar-refractivity contribution in [2.45, 2.75) is 45.8 Å². The van der Waals surface area contributed by atoms with Gasteiger partial charge in [0.25, 0.3) is 5.82 Å². The number of aliphatic hydroxyl groups is 1. The number of aromatic nitrogens is 1. The highest BCUT2D eigenvalue weighted by atomic mass is 16.5. The molecule has 1 aromatic heterocycles. The van der Waals surface area contributed by atoms with Gasteiger partial charge < -0.3 is 9.63 Å². The molecule has 19 heavy (non-hydrogen) atoms. The smallest absolute Gasteiger partial charge is 0.356 e. The van der Waals surface area contributed by atoms with Gasteiger partial charge in [-0.05, 0) is 11.6 Å². The number of hydrogen-bond acceptors (Lipinski definition) is 4. The maximum Gasteiger partial charge on any atom is 0.425 e. The van der Waals surface area contributed by atoms with Crippen LogP contribution in [0.4, 0.5) is 10.6 Å². The van der Waals surface area contributed by atoms with Crippen molar-refractivity contribution in [2.75, 3.05) is 13.1 Å². The topological polar surface area (TPSA) is 75.4 Å². The number of urea groups is 1. The Kier molecular flexibility index (Phi) is 3.91. The fraction of sp³-hybridized carbons (Fsp3) is 0.692. The fourth-order valence-corrected chi connectivity index (χ4v) is 2.38. The van der Waals surface area contributed by atoms with Crippen LogP contribution in [0.2, 0.25) is 0 Å². The fourth-order valence-electron chi connectivity index (χ4n) is 2.38. The second-order valence-electron chi connectivity index (χ2n) is 5.35. The SMILES string of the molecule is CCCC[N+]1(c2cc(C(C)C)on2)C(=O)NCC1O. The van der Waals surface area contributed by atoms with E-state index in [1.807, 2.05) is 13.8 Å². The van der Waals surface area contributed by atoms with Gasteiger partial charge in [0.2, 0.25) is 6.23 Å². The molecule has 1 aliphatic heterocycles. The number of quaternary nitrogens is 1. The molecule has 1 aromatic rings. The zero-order chi connectivity index (χ0) is 14.0. The lowest BCUT2D eigenvalue weighted by molar-refractivity contribution is 0.0631. The van der Waals surface area contributed by atoms with Crippen molar-refractivity contribution in [1.29, 1.82) is 0 Å². The first-order valence-corrected chi connectivity index (χ1v) is 6.83. The van der Waals surface area contributed by atoms with Crippen LogP contribution in [0.25, 0.3) is 0 Å². The number of carbonyl (C=O) groups is 1. The van der Waals surface area contributed by atoms with Crippen molar-refractivity contribution >= 4 is 11.8 Å². The van der Waals surface area contributed by atoms with Crippen LogP contribution in [0, 0.1) is 0 Å². The summed E-state index contributed by atoms with van der Waals surface area (Å²) >= 11 is 0. The minimum Gasteiger partial charge on any atom is -0.356 e. The molecule has 0 spiro atoms. The summed E-state index contributed by atoms with van der Waals surface area (Å²) in [5.74, 6) is 1.44. The molecular formula is C13H22N3O3+. The van der Waals surface area contributed by atoms with E-state index in [1.54, 1.807) is 6.07 Å². The van der Waals surface area contributed by atoms with Crippen LogP contribution in [0.15, 0.2) is 10.6 Å². The van der Waals surface area contributed by atoms with Gasteiger partial charge in [-0.1, -0.05) is 27.2 Å². The van der Waals surface area contributed by atoms with E-state index in [-0.39, 0.29) is 23.0 Å². The third-order valence-electron chi connectivity index (χ3n) is 3.67. The minimum absolute atomic E-state index is 0.163. The monoisotopic (exact) mass is 268 g/mol. The Morgan fingerprint density at radius 1 is 1.63 bits per heavy atom. The lowest BCUT2D eigenvalue weighted by Crippen LogP contribution is -2.58. The number of β-amino-alcohol motifs (C(OH)–C–C–N with tert-alkyl or cyclic N) is 1. The van der Waals surface area contributed by atoms with Gasteiger partial charge in [0.15, 0.2) is 0 Å². The minimum atomic E-state index is -0.802. The molecular weight excluding hydrogens is 246 g/mol. The maximum atomic E-state index is 12.2. The van der Waals surface area contributed by atoms with Gasteiger partial charge in [-0.25, -0.2) is 4.79 Å². The summed E-state index contributed by atoms with van der Waals surface area (Å²) in [7, 11) is 0. The lowest BCUT2D eigenvalue weighted by Gasteiger charge is -2.29. The number of amides is 2. The molecule has 6 heteroatoms. The van der Waals surface area contributed by atoms with Gasteiger partial charge in [0, 0.05) is 5.92 Å². The average molecular weight is 268 g/mol. The standard InChI is InChI=1S/C13H21N3O3/c1-4-5-6-16(12(17)8-14-13(16)18)11-7-10(9(2)3)19-15-11/h7,9,12,17H,4-6,8H2,1-3H3/p+1. The predicted octanol–water partition coefficient (Wildman–Crippen LogP) is 1.95. The molecule has 2 atom stereocenters. The lowest BCUT2D eigenvalue weighted by atomic mass is 10.1. The molecule has 0 aliphatic carbocycles. The first kappa shape index (κ1) is 14.0. The van der Waals surface area contributed by atoms with Crippen LogP contribution >= 0.6 is 0 Å². The first-order chi connectivity index (χ1) is 9.02. The molecule has 1 aliphatic rings. The van der Waals surface area contributed by atoms with Crippen molar-refractivity contribution in [1.82, 2.24) is 15.0 Å². The van der Waals surface area contributed by atoms with Crippen LogP contribution in [0.5, 0.6) is 0 Å². The number of aliphatic hydroxyl groups excluding tert-OH is 1. The van der Waals surface area contributed by atoms with Gasteiger partial charge in [-0.3, -0.25) is 5.32 Å². The zero-order valence-electron chi connectivity index (χ0n) is 11.7. The van der Waals surface area contributed by atoms with E-state index in [1.165, 1.54) is 0 Å². The third kappa shape index (κ3) is 2.26. The van der Waals surface area contributed by atoms with Crippen LogP contribution in [-0.2, 0) is 0 Å². The highest BCUT2D eigenvalue weighted by Crippen LogP contribution is 2.31. The van der Waals surface area contributed by atoms with Crippen LogP contribution in [-0.4, -0.2) is 35.6 Å². The van der Waals surface area contributed by atoms with Gasteiger partial charge in [0.05, 0.1) is 12.6 Å². The van der Waals surface area contributed by atoms with E-state index in [2.05, 4.69) is 17.4 Å². The average Bonchev–Trinajstić information content (AvgIpc) is 2.95. The number of rotatable bonds is 5. The number of nitrogens with one attached hydrogen (secondary N) is 1. The molecule has 2 heterocycles. The Labute approximate surface area is 113 Å². The van der Waals surface area contributed by atoms with E-state index >= 15 is 0 Å². The summed E-state index contributed by atoms with van der Waals surface area (Å²) in [6, 6.07) is 1.58. The van der Waals surface area contributed by atoms with Crippen molar-refractivity contribution in [2.24, 2.45) is 0 Å². The maximum absolute atomic E-state index is 12.2. The summed E-state index contributed by atoms with van der Waals surface area (Å²) in [6.45, 7) is 6.85. The Bertz CT molecular complexity index is 458. The van der Waals surface area contributed by atoms with Crippen LogP contribution < -0.4 is 9.80 Å². The Morgan fingerprint density at radius 2 is 2.37 bits per heavy atom. The molecule has 2 rings (SSSR count). The summed E-state index contributed by atoms with van der Waals surface area (Å²) in [6.07, 6.45) is 0.993. The highest BCUT2D eigenvalue weighted by molar-refractivity contribution is 5.88. The zero-order valence-corrected chi connectivity index (χ0v) is 11.7. The van der Waals surface area contributed by atoms with E-state index in [4.69, 9.17) is 4.52 Å². The summed E-state index contributed by atoms with van der Waals surface area (Å²) in [4.78, 5) is 12.2. The summed E-state index contributed by atoms with van der Waals surface area (Å²) < 4.78 is 5.12.